The number of hydrogen-bond acceptors (Lipinski definition) is 2. The Kier molecular flexibility index (Phi) is 5.53. The number of carbonyl (C=O) groups is 1. The second-order valence-corrected chi connectivity index (χ2v) is 5.17. The molecule has 0 saturated heterocycles. The molecule has 0 unspecified atom stereocenters. The predicted molar refractivity (Wildman–Crippen MR) is 85.5 cm³/mol. The SMILES string of the molecule is CCc1ccccc1N(CCC(=O)O)Cc1ccc(F)cc1. The first-order valence-corrected chi connectivity index (χ1v) is 7.39. The van der Waals surface area contributed by atoms with Crippen molar-refractivity contribution >= 4 is 11.7 Å². The van der Waals surface area contributed by atoms with E-state index in [4.69, 9.17) is 5.11 Å². The van der Waals surface area contributed by atoms with Crippen molar-refractivity contribution in [2.75, 3.05) is 11.4 Å². The molecule has 0 heterocycles. The lowest BCUT2D eigenvalue weighted by molar-refractivity contribution is -0.136. The minimum atomic E-state index is -0.821. The molecule has 0 atom stereocenters. The number of carboxylic acids is 1. The van der Waals surface area contributed by atoms with Crippen molar-refractivity contribution in [3.8, 4) is 0 Å². The molecular weight excluding hydrogens is 281 g/mol. The molecule has 0 saturated carbocycles. The normalized spacial score (nSPS) is 10.5. The van der Waals surface area contributed by atoms with Gasteiger partial charge in [0.15, 0.2) is 0 Å². The zero-order valence-corrected chi connectivity index (χ0v) is 12.6. The largest absolute Gasteiger partial charge is 0.481 e. The molecule has 116 valence electrons. The van der Waals surface area contributed by atoms with Crippen LogP contribution in [0.5, 0.6) is 0 Å². The molecule has 0 bridgehead atoms. The lowest BCUT2D eigenvalue weighted by Gasteiger charge is -2.26. The fourth-order valence-electron chi connectivity index (χ4n) is 2.44. The van der Waals surface area contributed by atoms with Crippen LogP contribution in [0.1, 0.15) is 24.5 Å². The molecule has 4 heteroatoms. The van der Waals surface area contributed by atoms with E-state index in [1.165, 1.54) is 17.7 Å². The third kappa shape index (κ3) is 4.32. The molecule has 2 aromatic rings. The van der Waals surface area contributed by atoms with Gasteiger partial charge < -0.3 is 10.0 Å². The number of rotatable bonds is 7. The average molecular weight is 301 g/mol. The van der Waals surface area contributed by atoms with Crippen LogP contribution in [0.3, 0.4) is 0 Å². The van der Waals surface area contributed by atoms with Crippen LogP contribution in [0, 0.1) is 5.82 Å². The van der Waals surface area contributed by atoms with Gasteiger partial charge >= 0.3 is 5.97 Å². The fourth-order valence-corrected chi connectivity index (χ4v) is 2.44. The Hall–Kier alpha value is -2.36. The van der Waals surface area contributed by atoms with Crippen molar-refractivity contribution in [3.63, 3.8) is 0 Å². The molecule has 0 aliphatic heterocycles. The Bertz CT molecular complexity index is 625. The zero-order chi connectivity index (χ0) is 15.9. The van der Waals surface area contributed by atoms with E-state index >= 15 is 0 Å². The Labute approximate surface area is 130 Å². The first kappa shape index (κ1) is 16.0. The maximum Gasteiger partial charge on any atom is 0.305 e. The number of carboxylic acid groups (broad SMARTS) is 1. The summed E-state index contributed by atoms with van der Waals surface area (Å²) < 4.78 is 13.0. The van der Waals surface area contributed by atoms with Crippen LogP contribution in [-0.2, 0) is 17.8 Å². The summed E-state index contributed by atoms with van der Waals surface area (Å²) >= 11 is 0. The van der Waals surface area contributed by atoms with E-state index in [1.54, 1.807) is 12.1 Å². The summed E-state index contributed by atoms with van der Waals surface area (Å²) in [6.07, 6.45) is 0.947. The maximum atomic E-state index is 13.0. The molecule has 1 N–H and O–H groups in total. The average Bonchev–Trinajstić information content (AvgIpc) is 2.53. The number of para-hydroxylation sites is 1. The van der Waals surface area contributed by atoms with Gasteiger partial charge in [0.1, 0.15) is 5.82 Å². The van der Waals surface area contributed by atoms with E-state index < -0.39 is 5.97 Å². The number of benzene rings is 2. The quantitative estimate of drug-likeness (QED) is 0.844. The van der Waals surface area contributed by atoms with Crippen molar-refractivity contribution in [3.05, 3.63) is 65.5 Å². The Morgan fingerprint density at radius 1 is 1.14 bits per heavy atom. The summed E-state index contributed by atoms with van der Waals surface area (Å²) in [5.74, 6) is -1.09. The monoisotopic (exact) mass is 301 g/mol. The third-order valence-electron chi connectivity index (χ3n) is 3.60. The number of halogens is 1. The van der Waals surface area contributed by atoms with Crippen LogP contribution in [0.25, 0.3) is 0 Å². The van der Waals surface area contributed by atoms with Gasteiger partial charge in [0.25, 0.3) is 0 Å². The van der Waals surface area contributed by atoms with Crippen molar-refractivity contribution < 1.29 is 14.3 Å². The molecule has 0 amide bonds. The van der Waals surface area contributed by atoms with Gasteiger partial charge in [-0.15, -0.1) is 0 Å². The minimum absolute atomic E-state index is 0.0687. The van der Waals surface area contributed by atoms with E-state index in [2.05, 4.69) is 6.92 Å². The molecule has 0 radical (unpaired) electrons. The number of aliphatic carboxylic acids is 1. The van der Waals surface area contributed by atoms with Crippen molar-refractivity contribution in [2.45, 2.75) is 26.3 Å². The summed E-state index contributed by atoms with van der Waals surface area (Å²) in [5.41, 5.74) is 3.17. The molecule has 3 nitrogen and oxygen atoms in total. The summed E-state index contributed by atoms with van der Waals surface area (Å²) in [6, 6.07) is 14.3. The van der Waals surface area contributed by atoms with E-state index in [-0.39, 0.29) is 12.2 Å². The first-order valence-electron chi connectivity index (χ1n) is 7.39. The highest BCUT2D eigenvalue weighted by molar-refractivity contribution is 5.68. The van der Waals surface area contributed by atoms with Crippen molar-refractivity contribution in [1.82, 2.24) is 0 Å². The highest BCUT2D eigenvalue weighted by Gasteiger charge is 2.12. The number of hydrogen-bond donors (Lipinski definition) is 1. The van der Waals surface area contributed by atoms with Crippen LogP contribution in [0.15, 0.2) is 48.5 Å². The summed E-state index contributed by atoms with van der Waals surface area (Å²) in [4.78, 5) is 13.0. The molecule has 0 fully saturated rings. The van der Waals surface area contributed by atoms with Crippen LogP contribution >= 0.6 is 0 Å². The maximum absolute atomic E-state index is 13.0. The molecule has 0 aromatic heterocycles. The van der Waals surface area contributed by atoms with Crippen LogP contribution in [-0.4, -0.2) is 17.6 Å². The van der Waals surface area contributed by atoms with Crippen molar-refractivity contribution in [2.24, 2.45) is 0 Å². The van der Waals surface area contributed by atoms with E-state index in [0.29, 0.717) is 13.1 Å². The standard InChI is InChI=1S/C18H20FNO2/c1-2-15-5-3-4-6-17(15)20(12-11-18(21)22)13-14-7-9-16(19)10-8-14/h3-10H,2,11-13H2,1H3,(H,21,22). The highest BCUT2D eigenvalue weighted by atomic mass is 19.1. The lowest BCUT2D eigenvalue weighted by atomic mass is 10.1. The second-order valence-electron chi connectivity index (χ2n) is 5.17. The third-order valence-corrected chi connectivity index (χ3v) is 3.60. The molecule has 0 aliphatic rings. The predicted octanol–water partition coefficient (Wildman–Crippen LogP) is 3.87. The molecule has 0 spiro atoms. The van der Waals surface area contributed by atoms with Gasteiger partial charge in [-0.25, -0.2) is 4.39 Å². The number of anilines is 1. The molecule has 2 rings (SSSR count). The fraction of sp³-hybridized carbons (Fsp3) is 0.278. The van der Waals surface area contributed by atoms with Gasteiger partial charge in [-0.2, -0.15) is 0 Å². The molecule has 2 aromatic carbocycles. The van der Waals surface area contributed by atoms with E-state index in [0.717, 1.165) is 17.7 Å². The van der Waals surface area contributed by atoms with Gasteiger partial charge in [0.2, 0.25) is 0 Å². The van der Waals surface area contributed by atoms with E-state index in [9.17, 15) is 9.18 Å². The molecule has 22 heavy (non-hydrogen) atoms. The van der Waals surface area contributed by atoms with Gasteiger partial charge in [0, 0.05) is 18.8 Å². The number of nitrogens with zero attached hydrogens (tertiary/aromatic N) is 1. The molecule has 0 aliphatic carbocycles. The van der Waals surface area contributed by atoms with E-state index in [1.807, 2.05) is 29.2 Å². The Morgan fingerprint density at radius 2 is 1.82 bits per heavy atom. The van der Waals surface area contributed by atoms with Crippen LogP contribution < -0.4 is 4.90 Å². The molecular formula is C18H20FNO2. The first-order chi connectivity index (χ1) is 10.6. The van der Waals surface area contributed by atoms with Gasteiger partial charge in [0.05, 0.1) is 6.42 Å². The van der Waals surface area contributed by atoms with Crippen molar-refractivity contribution in [1.29, 1.82) is 0 Å². The Balaban J connectivity index is 2.25. The minimum Gasteiger partial charge on any atom is -0.481 e. The van der Waals surface area contributed by atoms with Gasteiger partial charge in [-0.1, -0.05) is 37.3 Å². The lowest BCUT2D eigenvalue weighted by Crippen LogP contribution is -2.26. The smallest absolute Gasteiger partial charge is 0.305 e. The summed E-state index contributed by atoms with van der Waals surface area (Å²) in [5, 5.41) is 8.96. The number of aryl methyl sites for hydroxylation is 1. The topological polar surface area (TPSA) is 40.5 Å². The van der Waals surface area contributed by atoms with Crippen LogP contribution in [0.4, 0.5) is 10.1 Å². The zero-order valence-electron chi connectivity index (χ0n) is 12.6. The second kappa shape index (κ2) is 7.59. The van der Waals surface area contributed by atoms with Crippen LogP contribution in [0.2, 0.25) is 0 Å². The Morgan fingerprint density at radius 3 is 2.45 bits per heavy atom. The highest BCUT2D eigenvalue weighted by Crippen LogP contribution is 2.23. The van der Waals surface area contributed by atoms with Gasteiger partial charge in [-0.3, -0.25) is 4.79 Å². The summed E-state index contributed by atoms with van der Waals surface area (Å²) in [6.45, 7) is 3.06. The summed E-state index contributed by atoms with van der Waals surface area (Å²) in [7, 11) is 0. The van der Waals surface area contributed by atoms with Gasteiger partial charge in [-0.05, 0) is 35.7 Å².